The van der Waals surface area contributed by atoms with Crippen molar-refractivity contribution >= 4 is 37.5 Å². The van der Waals surface area contributed by atoms with Crippen molar-refractivity contribution in [2.24, 2.45) is 0 Å². The quantitative estimate of drug-likeness (QED) is 0.785. The van der Waals surface area contributed by atoms with Gasteiger partial charge >= 0.3 is 0 Å². The van der Waals surface area contributed by atoms with Gasteiger partial charge in [0.2, 0.25) is 0 Å². The van der Waals surface area contributed by atoms with Gasteiger partial charge in [-0.3, -0.25) is 0 Å². The lowest BCUT2D eigenvalue weighted by atomic mass is 10.2. The summed E-state index contributed by atoms with van der Waals surface area (Å²) < 4.78 is 27.4. The van der Waals surface area contributed by atoms with E-state index in [1.807, 2.05) is 0 Å². The molecule has 19 heavy (non-hydrogen) atoms. The molecule has 0 aliphatic carbocycles. The number of nitrogens with one attached hydrogen (secondary N) is 1. The fraction of sp³-hybridized carbons (Fsp3) is 0.0769. The first-order chi connectivity index (χ1) is 8.97. The maximum atomic E-state index is 13.6. The van der Waals surface area contributed by atoms with Gasteiger partial charge < -0.3 is 10.4 Å². The lowest BCUT2D eigenvalue weighted by molar-refractivity contribution is 0.471. The van der Waals surface area contributed by atoms with E-state index in [2.05, 4.69) is 37.2 Å². The van der Waals surface area contributed by atoms with Gasteiger partial charge in [-0.15, -0.1) is 0 Å². The molecule has 0 spiro atoms. The van der Waals surface area contributed by atoms with Crippen LogP contribution in [0.2, 0.25) is 0 Å². The minimum atomic E-state index is -0.662. The Morgan fingerprint density at radius 3 is 2.42 bits per heavy atom. The molecule has 0 saturated carbocycles. The molecule has 0 heterocycles. The second-order valence-electron chi connectivity index (χ2n) is 3.88. The van der Waals surface area contributed by atoms with Crippen molar-refractivity contribution in [3.8, 4) is 5.75 Å². The second-order valence-corrected chi connectivity index (χ2v) is 5.59. The Morgan fingerprint density at radius 2 is 1.79 bits per heavy atom. The highest BCUT2D eigenvalue weighted by Crippen LogP contribution is 2.28. The van der Waals surface area contributed by atoms with Crippen molar-refractivity contribution in [1.82, 2.24) is 0 Å². The summed E-state index contributed by atoms with van der Waals surface area (Å²) in [6.07, 6.45) is 0. The molecular weight excluding hydrogens is 384 g/mol. The van der Waals surface area contributed by atoms with Gasteiger partial charge in [0.1, 0.15) is 17.4 Å². The molecule has 6 heteroatoms. The predicted octanol–water partition coefficient (Wildman–Crippen LogP) is 4.81. The van der Waals surface area contributed by atoms with Crippen molar-refractivity contribution < 1.29 is 13.9 Å². The molecule has 2 aromatic rings. The van der Waals surface area contributed by atoms with Crippen LogP contribution >= 0.6 is 31.9 Å². The first kappa shape index (κ1) is 14.3. The summed E-state index contributed by atoms with van der Waals surface area (Å²) in [6.45, 7) is 0.347. The van der Waals surface area contributed by atoms with Gasteiger partial charge in [0.05, 0.1) is 10.2 Å². The number of hydrogen-bond donors (Lipinski definition) is 2. The molecule has 100 valence electrons. The fourth-order valence-electron chi connectivity index (χ4n) is 1.56. The first-order valence-corrected chi connectivity index (χ1v) is 6.92. The number of rotatable bonds is 3. The van der Waals surface area contributed by atoms with Gasteiger partial charge in [0.15, 0.2) is 0 Å². The summed E-state index contributed by atoms with van der Waals surface area (Å²) in [4.78, 5) is 0. The van der Waals surface area contributed by atoms with Crippen molar-refractivity contribution in [3.05, 3.63) is 56.5 Å². The van der Waals surface area contributed by atoms with Gasteiger partial charge in [-0.2, -0.15) is 0 Å². The summed E-state index contributed by atoms with van der Waals surface area (Å²) in [5.41, 5.74) is 1.05. The van der Waals surface area contributed by atoms with Gasteiger partial charge in [-0.25, -0.2) is 8.78 Å². The summed E-state index contributed by atoms with van der Waals surface area (Å²) >= 11 is 6.31. The Kier molecular flexibility index (Phi) is 4.42. The minimum absolute atomic E-state index is 0.137. The maximum absolute atomic E-state index is 13.6. The van der Waals surface area contributed by atoms with Crippen LogP contribution in [-0.4, -0.2) is 5.11 Å². The highest BCUT2D eigenvalue weighted by Gasteiger charge is 2.09. The van der Waals surface area contributed by atoms with E-state index in [-0.39, 0.29) is 11.4 Å². The van der Waals surface area contributed by atoms with Crippen LogP contribution < -0.4 is 5.32 Å². The summed E-state index contributed by atoms with van der Waals surface area (Å²) in [5.74, 6) is -1.16. The van der Waals surface area contributed by atoms with Crippen molar-refractivity contribution in [1.29, 1.82) is 0 Å². The molecule has 0 aliphatic heterocycles. The summed E-state index contributed by atoms with van der Waals surface area (Å²) in [6, 6.07) is 6.98. The lowest BCUT2D eigenvalue weighted by Gasteiger charge is -2.10. The average Bonchev–Trinajstić information content (AvgIpc) is 2.32. The smallest absolute Gasteiger partial charge is 0.150 e. The molecule has 0 radical (unpaired) electrons. The number of hydrogen-bond acceptors (Lipinski definition) is 2. The van der Waals surface area contributed by atoms with Gasteiger partial charge in [-0.1, -0.05) is 6.07 Å². The maximum Gasteiger partial charge on any atom is 0.150 e. The van der Waals surface area contributed by atoms with Crippen LogP contribution in [0, 0.1) is 11.6 Å². The molecule has 0 amide bonds. The van der Waals surface area contributed by atoms with Crippen LogP contribution in [0.3, 0.4) is 0 Å². The molecule has 2 aromatic carbocycles. The molecule has 0 unspecified atom stereocenters. The van der Waals surface area contributed by atoms with Crippen molar-refractivity contribution in [2.75, 3.05) is 5.32 Å². The van der Waals surface area contributed by atoms with E-state index in [1.165, 1.54) is 12.1 Å². The molecule has 2 nitrogen and oxygen atoms in total. The van der Waals surface area contributed by atoms with E-state index in [4.69, 9.17) is 0 Å². The topological polar surface area (TPSA) is 32.3 Å². The average molecular weight is 393 g/mol. The Labute approximate surface area is 125 Å². The SMILES string of the molecule is Oc1ccc(CNc2c(F)cc(F)cc2Br)cc1Br. The van der Waals surface area contributed by atoms with Crippen LogP contribution in [0.15, 0.2) is 39.3 Å². The molecule has 2 rings (SSSR count). The zero-order valence-corrected chi connectivity index (χ0v) is 12.7. The summed E-state index contributed by atoms with van der Waals surface area (Å²) in [7, 11) is 0. The number of anilines is 1. The lowest BCUT2D eigenvalue weighted by Crippen LogP contribution is -2.03. The van der Waals surface area contributed by atoms with Crippen LogP contribution in [0.5, 0.6) is 5.75 Å². The Bertz CT molecular complexity index is 597. The van der Waals surface area contributed by atoms with E-state index in [9.17, 15) is 13.9 Å². The van der Waals surface area contributed by atoms with E-state index >= 15 is 0 Å². The second kappa shape index (κ2) is 5.88. The molecule has 0 fully saturated rings. The molecule has 0 saturated heterocycles. The third-order valence-corrected chi connectivity index (χ3v) is 3.75. The highest BCUT2D eigenvalue weighted by molar-refractivity contribution is 9.11. The van der Waals surface area contributed by atoms with Gasteiger partial charge in [-0.05, 0) is 55.6 Å². The van der Waals surface area contributed by atoms with Crippen molar-refractivity contribution in [2.45, 2.75) is 6.54 Å². The zero-order chi connectivity index (χ0) is 14.0. The van der Waals surface area contributed by atoms with Crippen LogP contribution in [0.4, 0.5) is 14.5 Å². The molecular formula is C13H9Br2F2NO. The van der Waals surface area contributed by atoms with E-state index in [0.29, 0.717) is 15.5 Å². The molecule has 2 N–H and O–H groups in total. The number of halogens is 4. The largest absolute Gasteiger partial charge is 0.507 e. The molecule has 0 aliphatic rings. The minimum Gasteiger partial charge on any atom is -0.507 e. The molecule has 0 atom stereocenters. The number of phenolic OH excluding ortho intramolecular Hbond substituents is 1. The number of phenols is 1. The third-order valence-electron chi connectivity index (χ3n) is 2.49. The molecule has 0 aromatic heterocycles. The monoisotopic (exact) mass is 391 g/mol. The van der Waals surface area contributed by atoms with E-state index in [0.717, 1.165) is 11.6 Å². The van der Waals surface area contributed by atoms with Crippen LogP contribution in [-0.2, 0) is 6.54 Å². The highest BCUT2D eigenvalue weighted by atomic mass is 79.9. The Balaban J connectivity index is 2.16. The standard InChI is InChI=1S/C13H9Br2F2NO/c14-9-3-7(1-2-12(9)19)6-18-13-10(15)4-8(16)5-11(13)17/h1-5,18-19H,6H2. The van der Waals surface area contributed by atoms with E-state index in [1.54, 1.807) is 12.1 Å². The fourth-order valence-corrected chi connectivity index (χ4v) is 2.54. The van der Waals surface area contributed by atoms with Gasteiger partial charge in [0.25, 0.3) is 0 Å². The molecule has 0 bridgehead atoms. The number of aromatic hydroxyl groups is 1. The first-order valence-electron chi connectivity index (χ1n) is 5.33. The van der Waals surface area contributed by atoms with E-state index < -0.39 is 11.6 Å². The summed E-state index contributed by atoms with van der Waals surface area (Å²) in [5, 5.41) is 12.3. The van der Waals surface area contributed by atoms with Crippen LogP contribution in [0.1, 0.15) is 5.56 Å². The predicted molar refractivity (Wildman–Crippen MR) is 77.2 cm³/mol. The normalized spacial score (nSPS) is 10.5. The Hall–Kier alpha value is -1.14. The van der Waals surface area contributed by atoms with Crippen LogP contribution in [0.25, 0.3) is 0 Å². The third kappa shape index (κ3) is 3.45. The Morgan fingerprint density at radius 1 is 1.05 bits per heavy atom. The zero-order valence-electron chi connectivity index (χ0n) is 9.55. The van der Waals surface area contributed by atoms with Gasteiger partial charge in [0, 0.05) is 17.1 Å². The van der Waals surface area contributed by atoms with Crippen molar-refractivity contribution in [3.63, 3.8) is 0 Å². The number of benzene rings is 2.